The van der Waals surface area contributed by atoms with Crippen LogP contribution >= 0.6 is 0 Å². The van der Waals surface area contributed by atoms with Gasteiger partial charge in [0.1, 0.15) is 18.0 Å². The van der Waals surface area contributed by atoms with Gasteiger partial charge in [-0.15, -0.1) is 6.58 Å². The average molecular weight is 591 g/mol. The second kappa shape index (κ2) is 12.5. The van der Waals surface area contributed by atoms with Crippen molar-refractivity contribution in [3.63, 3.8) is 0 Å². The van der Waals surface area contributed by atoms with Crippen LogP contribution in [0.25, 0.3) is 0 Å². The zero-order valence-electron chi connectivity index (χ0n) is 22.0. The van der Waals surface area contributed by atoms with E-state index in [0.29, 0.717) is 24.1 Å². The third-order valence-electron chi connectivity index (χ3n) is 6.81. The van der Waals surface area contributed by atoms with E-state index in [0.717, 1.165) is 24.0 Å². The van der Waals surface area contributed by atoms with Crippen molar-refractivity contribution in [1.29, 1.82) is 0 Å². The average Bonchev–Trinajstić information content (AvgIpc) is 3.24. The number of carbonyl (C=O) groups is 2. The molecule has 0 bridgehead atoms. The molecule has 0 N–H and O–H groups in total. The van der Waals surface area contributed by atoms with E-state index in [1.807, 2.05) is 0 Å². The van der Waals surface area contributed by atoms with Crippen LogP contribution in [0.1, 0.15) is 61.0 Å². The highest BCUT2D eigenvalue weighted by Crippen LogP contribution is 2.43. The van der Waals surface area contributed by atoms with Crippen molar-refractivity contribution >= 4 is 12.1 Å². The van der Waals surface area contributed by atoms with Crippen LogP contribution in [0.5, 0.6) is 0 Å². The van der Waals surface area contributed by atoms with Gasteiger partial charge in [-0.1, -0.05) is 18.2 Å². The maximum Gasteiger partial charge on any atom is 0.416 e. The fourth-order valence-corrected chi connectivity index (χ4v) is 5.04. The molecule has 0 radical (unpaired) electrons. The standard InChI is InChI=1S/C28H28F7NO5/c1-4-5-6-22(41-16(3)37)25-24(17-7-9-21(29)10-8-17)23(14-36(25)26(38)39)40-15(2)18-11-19(27(30,31)32)13-20(12-18)28(33,34)35/h4,7-13,15,22-25H,1,5-6,14H2,2-3H3,(H,38,39)/p-1/t15-,22?,23+,24-,25+/m1/s1. The molecule has 0 spiro atoms. The number of halogens is 7. The molecule has 0 aliphatic carbocycles. The highest BCUT2D eigenvalue weighted by molar-refractivity contribution is 5.67. The highest BCUT2D eigenvalue weighted by atomic mass is 19.4. The molecule has 5 atom stereocenters. The Morgan fingerprint density at radius 2 is 1.63 bits per heavy atom. The van der Waals surface area contributed by atoms with Crippen LogP contribution in [0.4, 0.5) is 35.5 Å². The quantitative estimate of drug-likeness (QED) is 0.203. The van der Waals surface area contributed by atoms with Crippen molar-refractivity contribution in [1.82, 2.24) is 4.90 Å². The maximum atomic E-state index is 13.8. The lowest BCUT2D eigenvalue weighted by Gasteiger charge is -2.36. The molecule has 2 aromatic rings. The third kappa shape index (κ3) is 7.78. The molecular formula is C28H27F7NO5-. The number of rotatable bonds is 9. The number of nitrogens with zero attached hydrogens (tertiary/aromatic N) is 1. The molecule has 1 amide bonds. The van der Waals surface area contributed by atoms with E-state index >= 15 is 0 Å². The Bertz CT molecular complexity index is 1210. The summed E-state index contributed by atoms with van der Waals surface area (Å²) in [6, 6.07) is 4.80. The van der Waals surface area contributed by atoms with Crippen molar-refractivity contribution in [2.75, 3.05) is 6.54 Å². The largest absolute Gasteiger partial charge is 0.530 e. The summed E-state index contributed by atoms with van der Waals surface area (Å²) in [4.78, 5) is 25.0. The lowest BCUT2D eigenvalue weighted by atomic mass is 9.85. The summed E-state index contributed by atoms with van der Waals surface area (Å²) in [7, 11) is 0. The number of allylic oxidation sites excluding steroid dienone is 1. The summed E-state index contributed by atoms with van der Waals surface area (Å²) in [5.74, 6) is -2.31. The van der Waals surface area contributed by atoms with Crippen LogP contribution in [0, 0.1) is 5.82 Å². The first-order valence-corrected chi connectivity index (χ1v) is 12.5. The molecule has 1 saturated heterocycles. The Labute approximate surface area is 231 Å². The number of amides is 1. The fraction of sp³-hybridized carbons (Fsp3) is 0.429. The molecular weight excluding hydrogens is 563 g/mol. The number of carboxylic acid groups (broad SMARTS) is 1. The summed E-state index contributed by atoms with van der Waals surface area (Å²) in [5.41, 5.74) is -3.18. The lowest BCUT2D eigenvalue weighted by Crippen LogP contribution is -2.51. The molecule has 0 aromatic heterocycles. The van der Waals surface area contributed by atoms with Crippen molar-refractivity contribution in [3.8, 4) is 0 Å². The van der Waals surface area contributed by atoms with E-state index in [2.05, 4.69) is 6.58 Å². The van der Waals surface area contributed by atoms with E-state index in [9.17, 15) is 45.4 Å². The number of ether oxygens (including phenoxy) is 2. The minimum atomic E-state index is -5.08. The van der Waals surface area contributed by atoms with E-state index in [-0.39, 0.29) is 12.5 Å². The van der Waals surface area contributed by atoms with Gasteiger partial charge in [0.2, 0.25) is 0 Å². The van der Waals surface area contributed by atoms with Crippen LogP contribution in [-0.4, -0.2) is 41.8 Å². The Hall–Kier alpha value is -3.61. The van der Waals surface area contributed by atoms with Crippen molar-refractivity contribution in [3.05, 3.63) is 83.2 Å². The number of likely N-dealkylation sites (tertiary alicyclic amines) is 1. The molecule has 1 aliphatic heterocycles. The number of benzene rings is 2. The molecule has 2 aromatic carbocycles. The predicted molar refractivity (Wildman–Crippen MR) is 130 cm³/mol. The zero-order chi connectivity index (χ0) is 30.7. The number of alkyl halides is 6. The summed E-state index contributed by atoms with van der Waals surface area (Å²) in [6.45, 7) is 5.54. The number of hydrogen-bond donors (Lipinski definition) is 0. The Kier molecular flexibility index (Phi) is 9.73. The first-order chi connectivity index (χ1) is 19.0. The van der Waals surface area contributed by atoms with Gasteiger partial charge in [0.05, 0.1) is 29.4 Å². The van der Waals surface area contributed by atoms with E-state index < -0.39 is 83.7 Å². The SMILES string of the molecule is C=CCCC(OC(C)=O)[C@H]1[C@H](c2ccc(F)cc2)[C@@H](O[C@H](C)c2cc(C(F)(F)F)cc(C(F)(F)F)c2)CN1C(=O)[O-]. The number of carbonyl (C=O) groups excluding carboxylic acids is 2. The molecule has 1 heterocycles. The molecule has 0 saturated carbocycles. The lowest BCUT2D eigenvalue weighted by molar-refractivity contribution is -0.268. The third-order valence-corrected chi connectivity index (χ3v) is 6.81. The van der Waals surface area contributed by atoms with Crippen molar-refractivity contribution < 1.29 is 54.9 Å². The van der Waals surface area contributed by atoms with E-state index in [1.54, 1.807) is 0 Å². The highest BCUT2D eigenvalue weighted by Gasteiger charge is 2.49. The van der Waals surface area contributed by atoms with Crippen LogP contribution in [0.3, 0.4) is 0 Å². The van der Waals surface area contributed by atoms with E-state index in [4.69, 9.17) is 9.47 Å². The minimum Gasteiger partial charge on any atom is -0.530 e. The van der Waals surface area contributed by atoms with Gasteiger partial charge in [-0.05, 0) is 61.2 Å². The number of esters is 1. The van der Waals surface area contributed by atoms with Gasteiger partial charge in [0.15, 0.2) is 0 Å². The predicted octanol–water partition coefficient (Wildman–Crippen LogP) is 6.02. The molecule has 41 heavy (non-hydrogen) atoms. The monoisotopic (exact) mass is 590 g/mol. The summed E-state index contributed by atoms with van der Waals surface area (Å²) in [6.07, 6.45) is -13.5. The normalized spacial score (nSPS) is 20.9. The van der Waals surface area contributed by atoms with Crippen molar-refractivity contribution in [2.45, 2.75) is 69.3 Å². The molecule has 1 aliphatic rings. The summed E-state index contributed by atoms with van der Waals surface area (Å²) < 4.78 is 106. The topological polar surface area (TPSA) is 78.9 Å². The van der Waals surface area contributed by atoms with Crippen LogP contribution < -0.4 is 5.11 Å². The van der Waals surface area contributed by atoms with Gasteiger partial charge in [-0.2, -0.15) is 26.3 Å². The van der Waals surface area contributed by atoms with Gasteiger partial charge in [-0.25, -0.2) is 4.39 Å². The van der Waals surface area contributed by atoms with Crippen LogP contribution in [0.2, 0.25) is 0 Å². The second-order valence-electron chi connectivity index (χ2n) is 9.66. The van der Waals surface area contributed by atoms with Crippen molar-refractivity contribution in [2.24, 2.45) is 0 Å². The zero-order valence-corrected chi connectivity index (χ0v) is 22.0. The van der Waals surface area contributed by atoms with Gasteiger partial charge >= 0.3 is 18.3 Å². The first kappa shape index (κ1) is 31.9. The molecule has 6 nitrogen and oxygen atoms in total. The molecule has 13 heteroatoms. The molecule has 3 rings (SSSR count). The Morgan fingerprint density at radius 1 is 1.07 bits per heavy atom. The number of hydrogen-bond acceptors (Lipinski definition) is 5. The molecule has 1 unspecified atom stereocenters. The second-order valence-corrected chi connectivity index (χ2v) is 9.66. The van der Waals surface area contributed by atoms with E-state index in [1.165, 1.54) is 25.1 Å². The fourth-order valence-electron chi connectivity index (χ4n) is 5.04. The summed E-state index contributed by atoms with van der Waals surface area (Å²) in [5, 5.41) is 12.2. The smallest absolute Gasteiger partial charge is 0.416 e. The van der Waals surface area contributed by atoms with Gasteiger partial charge in [0.25, 0.3) is 0 Å². The summed E-state index contributed by atoms with van der Waals surface area (Å²) >= 11 is 0. The molecule has 224 valence electrons. The Balaban J connectivity index is 2.09. The van der Waals surface area contributed by atoms with Gasteiger partial charge < -0.3 is 24.3 Å². The van der Waals surface area contributed by atoms with Crippen LogP contribution in [-0.2, 0) is 26.6 Å². The maximum absolute atomic E-state index is 13.8. The first-order valence-electron chi connectivity index (χ1n) is 12.5. The Morgan fingerprint density at radius 3 is 2.10 bits per heavy atom. The minimum absolute atomic E-state index is 0.00965. The molecule has 1 fully saturated rings. The van der Waals surface area contributed by atoms with Crippen LogP contribution in [0.15, 0.2) is 55.1 Å². The van der Waals surface area contributed by atoms with Gasteiger partial charge in [0, 0.05) is 19.4 Å². The van der Waals surface area contributed by atoms with Gasteiger partial charge in [-0.3, -0.25) is 4.79 Å².